The SMILES string of the molecule is C=P1(S)OC[C@H]2O[C@@H](n3cnc4c(=O)[nH]c(N)nc43)[C@H](O)[C@@H]2OP(=C)(S)OC[C@@H]2O[C@H](n3cnc4c(=O)[nH]c(N)nc43)[C@H](F)[C@H]2O1. The number of H-pyrrole nitrogens is 2. The van der Waals surface area contributed by atoms with Crippen LogP contribution in [0.15, 0.2) is 22.2 Å². The zero-order valence-electron chi connectivity index (χ0n) is 23.3. The number of ether oxygens (including phenoxy) is 2. The van der Waals surface area contributed by atoms with E-state index in [1.165, 1.54) is 21.8 Å². The highest BCUT2D eigenvalue weighted by Gasteiger charge is 2.52. The molecule has 3 aliphatic rings. The molecule has 24 heteroatoms. The summed E-state index contributed by atoms with van der Waals surface area (Å²) in [6.45, 7) is -7.36. The summed E-state index contributed by atoms with van der Waals surface area (Å²) in [6.07, 6.45) is -0.118. The minimum atomic E-state index is -3.38. The Morgan fingerprint density at radius 3 is 1.87 bits per heavy atom. The molecule has 4 aromatic rings. The Bertz CT molecular complexity index is 1920. The molecule has 2 unspecified atom stereocenters. The average molecular weight is 721 g/mol. The lowest BCUT2D eigenvalue weighted by Crippen LogP contribution is -2.37. The maximum Gasteiger partial charge on any atom is 0.280 e. The molecule has 0 radical (unpaired) electrons. The number of nitrogen functional groups attached to an aromatic ring is 2. The predicted molar refractivity (Wildman–Crippen MR) is 172 cm³/mol. The number of thiol groups is 2. The van der Waals surface area contributed by atoms with Gasteiger partial charge in [-0.3, -0.25) is 28.7 Å². The van der Waals surface area contributed by atoms with Crippen LogP contribution < -0.4 is 22.6 Å². The van der Waals surface area contributed by atoms with Gasteiger partial charge in [0.1, 0.15) is 30.5 Å². The lowest BCUT2D eigenvalue weighted by Gasteiger charge is -2.32. The first kappa shape index (κ1) is 31.8. The topological polar surface area (TPSA) is 255 Å². The van der Waals surface area contributed by atoms with E-state index in [9.17, 15) is 14.7 Å². The fraction of sp³-hybridized carbons (Fsp3) is 0.455. The first-order chi connectivity index (χ1) is 21.7. The molecule has 3 fully saturated rings. The van der Waals surface area contributed by atoms with Crippen molar-refractivity contribution in [2.24, 2.45) is 0 Å². The Morgan fingerprint density at radius 1 is 0.870 bits per heavy atom. The fourth-order valence-electron chi connectivity index (χ4n) is 5.47. The van der Waals surface area contributed by atoms with Crippen molar-refractivity contribution in [1.82, 2.24) is 39.0 Å². The quantitative estimate of drug-likeness (QED) is 0.106. The Balaban J connectivity index is 1.18. The van der Waals surface area contributed by atoms with Crippen molar-refractivity contribution in [3.8, 4) is 0 Å². The van der Waals surface area contributed by atoms with E-state index >= 15 is 4.39 Å². The molecule has 7 heterocycles. The van der Waals surface area contributed by atoms with Gasteiger partial charge in [-0.15, -0.1) is 0 Å². The van der Waals surface area contributed by atoms with Crippen LogP contribution >= 0.6 is 37.6 Å². The van der Waals surface area contributed by atoms with Gasteiger partial charge in [0.05, 0.1) is 25.9 Å². The molecule has 248 valence electrons. The second-order valence-electron chi connectivity index (χ2n) is 10.6. The summed E-state index contributed by atoms with van der Waals surface area (Å²) in [4.78, 5) is 45.6. The van der Waals surface area contributed by atoms with Crippen molar-refractivity contribution in [3.05, 3.63) is 33.4 Å². The highest BCUT2D eigenvalue weighted by atomic mass is 32.7. The van der Waals surface area contributed by atoms with Crippen LogP contribution in [-0.2, 0) is 27.6 Å². The van der Waals surface area contributed by atoms with Crippen LogP contribution in [0.25, 0.3) is 22.3 Å². The van der Waals surface area contributed by atoms with E-state index in [4.69, 9.17) is 39.0 Å². The van der Waals surface area contributed by atoms with Crippen molar-refractivity contribution in [3.63, 3.8) is 0 Å². The summed E-state index contributed by atoms with van der Waals surface area (Å²) in [5.41, 5.74) is 10.2. The molecule has 0 aliphatic carbocycles. The molecule has 0 amide bonds. The van der Waals surface area contributed by atoms with E-state index in [2.05, 4.69) is 67.0 Å². The highest BCUT2D eigenvalue weighted by molar-refractivity contribution is 8.48. The van der Waals surface area contributed by atoms with Gasteiger partial charge in [-0.2, -0.15) is 9.97 Å². The van der Waals surface area contributed by atoms with E-state index in [1.807, 2.05) is 0 Å². The second kappa shape index (κ2) is 11.4. The van der Waals surface area contributed by atoms with E-state index in [0.717, 1.165) is 0 Å². The summed E-state index contributed by atoms with van der Waals surface area (Å²) >= 11 is 8.97. The van der Waals surface area contributed by atoms with Crippen LogP contribution in [0.4, 0.5) is 16.3 Å². The zero-order chi connectivity index (χ0) is 32.7. The summed E-state index contributed by atoms with van der Waals surface area (Å²) in [5.74, 6) is -0.365. The maximum atomic E-state index is 16.2. The van der Waals surface area contributed by atoms with Crippen molar-refractivity contribution in [1.29, 1.82) is 0 Å². The van der Waals surface area contributed by atoms with Crippen LogP contribution in [0, 0.1) is 0 Å². The first-order valence-corrected chi connectivity index (χ1v) is 19.3. The number of aliphatic hydroxyl groups excluding tert-OH is 1. The smallest absolute Gasteiger partial charge is 0.280 e. The van der Waals surface area contributed by atoms with Crippen LogP contribution in [-0.4, -0.2) is 107 Å². The van der Waals surface area contributed by atoms with Gasteiger partial charge in [0.2, 0.25) is 11.9 Å². The van der Waals surface area contributed by atoms with Gasteiger partial charge in [-0.25, -0.2) is 14.4 Å². The lowest BCUT2D eigenvalue weighted by molar-refractivity contribution is -0.0521. The fourth-order valence-corrected chi connectivity index (χ4v) is 8.68. The number of nitrogens with two attached hydrogens (primary N) is 2. The molecule has 0 bridgehead atoms. The van der Waals surface area contributed by atoms with E-state index in [1.54, 1.807) is 0 Å². The molecular weight excluding hydrogens is 693 g/mol. The molecular formula is C22H27FN10O9P2S2. The molecule has 0 spiro atoms. The average Bonchev–Trinajstić information content (AvgIpc) is 3.72. The van der Waals surface area contributed by atoms with Gasteiger partial charge >= 0.3 is 0 Å². The summed E-state index contributed by atoms with van der Waals surface area (Å²) in [7, 11) is 0. The van der Waals surface area contributed by atoms with E-state index < -0.39 is 73.3 Å². The number of hydrogen-bond acceptors (Lipinski definition) is 17. The largest absolute Gasteiger partial charge is 0.386 e. The third-order valence-corrected chi connectivity index (χ3v) is 11.0. The minimum Gasteiger partial charge on any atom is -0.386 e. The number of halogens is 1. The molecule has 0 aromatic carbocycles. The third-order valence-electron chi connectivity index (χ3n) is 7.48. The number of rotatable bonds is 2. The lowest BCUT2D eigenvalue weighted by atomic mass is 10.1. The molecule has 3 saturated heterocycles. The minimum absolute atomic E-state index is 0.0110. The van der Waals surface area contributed by atoms with Crippen LogP contribution in [0.2, 0.25) is 0 Å². The molecule has 10 atom stereocenters. The Morgan fingerprint density at radius 2 is 1.33 bits per heavy atom. The number of anilines is 2. The molecule has 7 N–H and O–H groups in total. The molecule has 3 aliphatic heterocycles. The first-order valence-electron chi connectivity index (χ1n) is 13.4. The molecule has 7 rings (SSSR count). The Labute approximate surface area is 267 Å². The second-order valence-corrected chi connectivity index (χ2v) is 17.8. The maximum absolute atomic E-state index is 16.2. The summed E-state index contributed by atoms with van der Waals surface area (Å²) < 4.78 is 54.8. The normalized spacial score (nSPS) is 37.1. The van der Waals surface area contributed by atoms with Gasteiger partial charge in [-0.1, -0.05) is 24.5 Å². The number of imidazole rings is 2. The predicted octanol–water partition coefficient (Wildman–Crippen LogP) is -0.0230. The number of fused-ring (bicyclic) bond motifs is 4. The molecule has 19 nitrogen and oxygen atoms in total. The summed E-state index contributed by atoms with van der Waals surface area (Å²) in [5, 5.41) is 11.4. The highest BCUT2D eigenvalue weighted by Crippen LogP contribution is 2.60. The number of nitrogens with one attached hydrogen (secondary N) is 2. The molecule has 46 heavy (non-hydrogen) atoms. The Kier molecular flexibility index (Phi) is 7.92. The van der Waals surface area contributed by atoms with E-state index in [-0.39, 0.29) is 47.4 Å². The van der Waals surface area contributed by atoms with Gasteiger partial charge in [-0.05, 0) is 12.6 Å². The van der Waals surface area contributed by atoms with Crippen molar-refractivity contribution < 1.29 is 37.1 Å². The monoisotopic (exact) mass is 720 g/mol. The van der Waals surface area contributed by atoms with Crippen molar-refractivity contribution in [2.75, 3.05) is 24.7 Å². The number of aromatic amines is 2. The zero-order valence-corrected chi connectivity index (χ0v) is 26.9. The van der Waals surface area contributed by atoms with E-state index in [0.29, 0.717) is 0 Å². The summed E-state index contributed by atoms with van der Waals surface area (Å²) in [6, 6.07) is 0. The van der Waals surface area contributed by atoms with Crippen LogP contribution in [0.1, 0.15) is 12.5 Å². The van der Waals surface area contributed by atoms with Crippen molar-refractivity contribution in [2.45, 2.75) is 49.1 Å². The standard InChI is InChI=1S/C22H27FN10O9P2S2/c1-43(45)38-4-8-14(12(34)20(40-8)33-6-27-11-16(33)29-22(25)31-18(11)36)42-44(2,46)37-3-7-13(41-43)9(23)19(39-7)32-5-26-10-15(32)28-21(24)30-17(10)35/h5-9,12-14,19-20,34,45-46H,1-4H2,(H3,24,28,30,35)(H3,25,29,31,36)/t7-,8+,9+,12+,13-,14+,19-,20+,43?,44?/m0/s1. The van der Waals surface area contributed by atoms with Gasteiger partial charge < -0.3 is 44.1 Å². The Hall–Kier alpha value is -2.75. The number of aromatic nitrogens is 8. The number of aliphatic hydroxyl groups is 1. The van der Waals surface area contributed by atoms with Crippen LogP contribution in [0.3, 0.4) is 0 Å². The third kappa shape index (κ3) is 5.60. The van der Waals surface area contributed by atoms with Gasteiger partial charge in [0.15, 0.2) is 54.0 Å². The van der Waals surface area contributed by atoms with Gasteiger partial charge in [0, 0.05) is 0 Å². The number of nitrogens with zero attached hydrogens (tertiary/aromatic N) is 6. The number of hydrogen-bond donors (Lipinski definition) is 7. The molecule has 0 saturated carbocycles. The van der Waals surface area contributed by atoms with Crippen LogP contribution in [0.5, 0.6) is 0 Å². The van der Waals surface area contributed by atoms with Gasteiger partial charge in [0.25, 0.3) is 11.1 Å². The number of alkyl halides is 1. The van der Waals surface area contributed by atoms with Crippen molar-refractivity contribution >= 4 is 84.4 Å². The molecule has 4 aromatic heterocycles.